The number of rotatable bonds is 5. The van der Waals surface area contributed by atoms with Crippen LogP contribution in [0.1, 0.15) is 40.0 Å². The first-order valence-electron chi connectivity index (χ1n) is 5.53. The predicted molar refractivity (Wildman–Crippen MR) is 56.5 cm³/mol. The van der Waals surface area contributed by atoms with Crippen LogP contribution in [0.5, 0.6) is 0 Å². The van der Waals surface area contributed by atoms with Gasteiger partial charge in [0.05, 0.1) is 6.10 Å². The van der Waals surface area contributed by atoms with Crippen LogP contribution in [0.2, 0.25) is 0 Å². The van der Waals surface area contributed by atoms with Gasteiger partial charge in [0.1, 0.15) is 0 Å². The first-order chi connectivity index (χ1) is 6.22. The average Bonchev–Trinajstić information content (AvgIpc) is 2.74. The van der Waals surface area contributed by atoms with E-state index in [4.69, 9.17) is 0 Å². The minimum absolute atomic E-state index is 0.0591. The normalized spacial score (nSPS) is 35.2. The Balaban J connectivity index is 2.29. The van der Waals surface area contributed by atoms with Gasteiger partial charge in [-0.3, -0.25) is 0 Å². The van der Waals surface area contributed by atoms with Crippen LogP contribution in [0.15, 0.2) is 12.2 Å². The van der Waals surface area contributed by atoms with Crippen molar-refractivity contribution >= 4 is 0 Å². The number of aliphatic hydroxyl groups is 1. The Labute approximate surface area is 81.9 Å². The zero-order valence-corrected chi connectivity index (χ0v) is 9.03. The van der Waals surface area contributed by atoms with Crippen molar-refractivity contribution in [2.75, 3.05) is 0 Å². The summed E-state index contributed by atoms with van der Waals surface area (Å²) in [6.07, 6.45) is 7.62. The molecule has 0 heterocycles. The second-order valence-corrected chi connectivity index (χ2v) is 4.25. The van der Waals surface area contributed by atoms with Crippen LogP contribution in [0.25, 0.3) is 0 Å². The Morgan fingerprint density at radius 1 is 1.46 bits per heavy atom. The Hall–Kier alpha value is -0.300. The van der Waals surface area contributed by atoms with Crippen molar-refractivity contribution in [2.24, 2.45) is 17.8 Å². The molecule has 0 aromatic rings. The van der Waals surface area contributed by atoms with E-state index < -0.39 is 0 Å². The lowest BCUT2D eigenvalue weighted by Gasteiger charge is -2.08. The SMILES string of the molecule is C/C=C\[C@H]1[C@H](C)[C@H]1[C@@H](O)CCCC. The molecule has 0 saturated heterocycles. The molecule has 1 heteroatoms. The van der Waals surface area contributed by atoms with Gasteiger partial charge in [0.25, 0.3) is 0 Å². The second-order valence-electron chi connectivity index (χ2n) is 4.25. The molecule has 1 fully saturated rings. The van der Waals surface area contributed by atoms with Crippen LogP contribution >= 0.6 is 0 Å². The van der Waals surface area contributed by atoms with Gasteiger partial charge in [-0.15, -0.1) is 0 Å². The van der Waals surface area contributed by atoms with Gasteiger partial charge in [-0.1, -0.05) is 38.8 Å². The van der Waals surface area contributed by atoms with Crippen molar-refractivity contribution in [1.82, 2.24) is 0 Å². The van der Waals surface area contributed by atoms with Crippen molar-refractivity contribution in [1.29, 1.82) is 0 Å². The Bertz CT molecular complexity index is 174. The van der Waals surface area contributed by atoms with Gasteiger partial charge in [-0.05, 0) is 31.1 Å². The molecule has 4 atom stereocenters. The van der Waals surface area contributed by atoms with E-state index in [1.54, 1.807) is 0 Å². The van der Waals surface area contributed by atoms with E-state index >= 15 is 0 Å². The lowest BCUT2D eigenvalue weighted by molar-refractivity contribution is 0.130. The van der Waals surface area contributed by atoms with Gasteiger partial charge in [-0.2, -0.15) is 0 Å². The number of aliphatic hydroxyl groups excluding tert-OH is 1. The average molecular weight is 182 g/mol. The summed E-state index contributed by atoms with van der Waals surface area (Å²) in [5.41, 5.74) is 0. The molecule has 0 radical (unpaired) electrons. The largest absolute Gasteiger partial charge is 0.393 e. The molecule has 0 aliphatic heterocycles. The summed E-state index contributed by atoms with van der Waals surface area (Å²) in [6, 6.07) is 0. The minimum Gasteiger partial charge on any atom is -0.393 e. The fraction of sp³-hybridized carbons (Fsp3) is 0.833. The number of hydrogen-bond donors (Lipinski definition) is 1. The highest BCUT2D eigenvalue weighted by Crippen LogP contribution is 2.50. The Morgan fingerprint density at radius 2 is 2.15 bits per heavy atom. The summed E-state index contributed by atoms with van der Waals surface area (Å²) >= 11 is 0. The minimum atomic E-state index is -0.0591. The van der Waals surface area contributed by atoms with Crippen molar-refractivity contribution in [2.45, 2.75) is 46.1 Å². The summed E-state index contributed by atoms with van der Waals surface area (Å²) < 4.78 is 0. The van der Waals surface area contributed by atoms with Gasteiger partial charge in [0.15, 0.2) is 0 Å². The molecule has 0 bridgehead atoms. The van der Waals surface area contributed by atoms with E-state index in [9.17, 15) is 5.11 Å². The first-order valence-corrected chi connectivity index (χ1v) is 5.53. The number of allylic oxidation sites excluding steroid dienone is 2. The van der Waals surface area contributed by atoms with Crippen LogP contribution in [0.4, 0.5) is 0 Å². The topological polar surface area (TPSA) is 20.2 Å². The van der Waals surface area contributed by atoms with Crippen LogP contribution in [-0.2, 0) is 0 Å². The molecule has 0 amide bonds. The molecule has 0 unspecified atom stereocenters. The summed E-state index contributed by atoms with van der Waals surface area (Å²) in [5, 5.41) is 9.85. The highest BCUT2D eigenvalue weighted by atomic mass is 16.3. The van der Waals surface area contributed by atoms with E-state index in [2.05, 4.69) is 32.9 Å². The monoisotopic (exact) mass is 182 g/mol. The van der Waals surface area contributed by atoms with Crippen molar-refractivity contribution in [3.8, 4) is 0 Å². The van der Waals surface area contributed by atoms with E-state index in [0.717, 1.165) is 12.8 Å². The van der Waals surface area contributed by atoms with Gasteiger partial charge in [0, 0.05) is 0 Å². The molecule has 13 heavy (non-hydrogen) atoms. The van der Waals surface area contributed by atoms with Crippen molar-refractivity contribution < 1.29 is 5.11 Å². The molecule has 1 N–H and O–H groups in total. The highest BCUT2D eigenvalue weighted by Gasteiger charge is 2.48. The third-order valence-electron chi connectivity index (χ3n) is 3.23. The number of hydrogen-bond acceptors (Lipinski definition) is 1. The zero-order chi connectivity index (χ0) is 9.84. The van der Waals surface area contributed by atoms with E-state index in [1.165, 1.54) is 6.42 Å². The van der Waals surface area contributed by atoms with Crippen LogP contribution in [0, 0.1) is 17.8 Å². The molecule has 1 aliphatic carbocycles. The summed E-state index contributed by atoms with van der Waals surface area (Å²) in [4.78, 5) is 0. The highest BCUT2D eigenvalue weighted by molar-refractivity contribution is 5.08. The summed E-state index contributed by atoms with van der Waals surface area (Å²) in [6.45, 7) is 6.47. The van der Waals surface area contributed by atoms with E-state index in [1.807, 2.05) is 0 Å². The lowest BCUT2D eigenvalue weighted by atomic mass is 10.1. The first kappa shape index (κ1) is 10.8. The fourth-order valence-corrected chi connectivity index (χ4v) is 2.26. The van der Waals surface area contributed by atoms with Gasteiger partial charge in [0.2, 0.25) is 0 Å². The molecule has 0 spiro atoms. The summed E-state index contributed by atoms with van der Waals surface area (Å²) in [5.74, 6) is 1.89. The molecular weight excluding hydrogens is 160 g/mol. The van der Waals surface area contributed by atoms with Crippen LogP contribution < -0.4 is 0 Å². The predicted octanol–water partition coefficient (Wildman–Crippen LogP) is 3.00. The maximum atomic E-state index is 9.85. The standard InChI is InChI=1S/C12H22O/c1-4-6-8-11(13)12-9(3)10(12)7-5-2/h5,7,9-13H,4,6,8H2,1-3H3/b7-5-/t9-,10-,11-,12+/m0/s1. The Morgan fingerprint density at radius 3 is 2.69 bits per heavy atom. The zero-order valence-electron chi connectivity index (χ0n) is 9.03. The smallest absolute Gasteiger partial charge is 0.0576 e. The van der Waals surface area contributed by atoms with Gasteiger partial charge >= 0.3 is 0 Å². The van der Waals surface area contributed by atoms with Crippen molar-refractivity contribution in [3.63, 3.8) is 0 Å². The molecule has 1 nitrogen and oxygen atoms in total. The fourth-order valence-electron chi connectivity index (χ4n) is 2.26. The summed E-state index contributed by atoms with van der Waals surface area (Å²) in [7, 11) is 0. The number of unbranched alkanes of at least 4 members (excludes halogenated alkanes) is 1. The lowest BCUT2D eigenvalue weighted by Crippen LogP contribution is -2.10. The van der Waals surface area contributed by atoms with Crippen LogP contribution in [0.3, 0.4) is 0 Å². The van der Waals surface area contributed by atoms with E-state index in [-0.39, 0.29) is 6.10 Å². The van der Waals surface area contributed by atoms with E-state index in [0.29, 0.717) is 17.8 Å². The molecule has 0 aromatic heterocycles. The molecule has 0 aromatic carbocycles. The molecule has 76 valence electrons. The quantitative estimate of drug-likeness (QED) is 0.648. The van der Waals surface area contributed by atoms with Gasteiger partial charge < -0.3 is 5.11 Å². The second kappa shape index (κ2) is 4.80. The van der Waals surface area contributed by atoms with Gasteiger partial charge in [-0.25, -0.2) is 0 Å². The molecule has 1 rings (SSSR count). The molecule has 1 aliphatic rings. The maximum absolute atomic E-state index is 9.85. The van der Waals surface area contributed by atoms with Crippen molar-refractivity contribution in [3.05, 3.63) is 12.2 Å². The third-order valence-corrected chi connectivity index (χ3v) is 3.23. The van der Waals surface area contributed by atoms with Crippen LogP contribution in [-0.4, -0.2) is 11.2 Å². The molecule has 1 saturated carbocycles. The molecular formula is C12H22O. The third kappa shape index (κ3) is 2.57. The Kier molecular flexibility index (Phi) is 3.98. The maximum Gasteiger partial charge on any atom is 0.0576 e.